The van der Waals surface area contributed by atoms with Gasteiger partial charge in [0.05, 0.1) is 0 Å². The van der Waals surface area contributed by atoms with E-state index in [1.807, 2.05) is 0 Å². The predicted molar refractivity (Wildman–Crippen MR) is 64.9 cm³/mol. The molecule has 1 aromatic carbocycles. The lowest BCUT2D eigenvalue weighted by Gasteiger charge is -2.03. The lowest BCUT2D eigenvalue weighted by Crippen LogP contribution is -1.99. The number of hydrogen-bond donors (Lipinski definition) is 1. The Morgan fingerprint density at radius 1 is 1.18 bits per heavy atom. The highest BCUT2D eigenvalue weighted by Gasteiger charge is 2.05. The fourth-order valence-electron chi connectivity index (χ4n) is 1.10. The van der Waals surface area contributed by atoms with Gasteiger partial charge in [-0.2, -0.15) is 15.0 Å². The number of benzene rings is 1. The Labute approximate surface area is 107 Å². The molecule has 4 nitrogen and oxygen atoms in total. The van der Waals surface area contributed by atoms with Crippen molar-refractivity contribution >= 4 is 29.3 Å². The van der Waals surface area contributed by atoms with Crippen molar-refractivity contribution in [1.82, 2.24) is 15.0 Å². The van der Waals surface area contributed by atoms with Crippen LogP contribution in [-0.4, -0.2) is 22.0 Å². The molecule has 1 aromatic heterocycles. The topological polar surface area (TPSA) is 50.7 Å². The third-order valence-corrected chi connectivity index (χ3v) is 2.88. The molecule has 17 heavy (non-hydrogen) atoms. The molecule has 0 aliphatic rings. The molecule has 1 heterocycles. The standard InChI is InChI=1S/C10H8ClFN4S/c1-13-9-14-8(11)15-10(16-9)17-7-4-2-6(12)3-5-7/h2-5H,1H3,(H,13,14,15,16). The Bertz CT molecular complexity index is 520. The van der Waals surface area contributed by atoms with Crippen LogP contribution in [0, 0.1) is 5.82 Å². The Hall–Kier alpha value is -1.40. The van der Waals surface area contributed by atoms with Crippen LogP contribution in [0.2, 0.25) is 5.28 Å². The summed E-state index contributed by atoms with van der Waals surface area (Å²) in [5.74, 6) is 0.119. The molecular formula is C10H8ClFN4S. The minimum atomic E-state index is -0.279. The van der Waals surface area contributed by atoms with E-state index in [1.165, 1.54) is 23.9 Å². The highest BCUT2D eigenvalue weighted by molar-refractivity contribution is 7.99. The number of nitrogens with one attached hydrogen (secondary N) is 1. The number of anilines is 1. The molecule has 1 N–H and O–H groups in total. The molecule has 2 rings (SSSR count). The van der Waals surface area contributed by atoms with Crippen LogP contribution in [0.5, 0.6) is 0 Å². The van der Waals surface area contributed by atoms with Crippen LogP contribution in [0.25, 0.3) is 0 Å². The van der Waals surface area contributed by atoms with Crippen molar-refractivity contribution in [3.8, 4) is 0 Å². The number of nitrogens with zero attached hydrogens (tertiary/aromatic N) is 3. The Kier molecular flexibility index (Phi) is 3.75. The van der Waals surface area contributed by atoms with Gasteiger partial charge in [0.1, 0.15) is 5.82 Å². The molecule has 2 aromatic rings. The van der Waals surface area contributed by atoms with E-state index in [1.54, 1.807) is 19.2 Å². The molecule has 0 aliphatic heterocycles. The molecule has 0 aliphatic carbocycles. The average Bonchev–Trinajstić information content (AvgIpc) is 2.31. The molecular weight excluding hydrogens is 263 g/mol. The molecule has 0 unspecified atom stereocenters. The van der Waals surface area contributed by atoms with E-state index in [4.69, 9.17) is 11.6 Å². The van der Waals surface area contributed by atoms with Crippen molar-refractivity contribution in [2.45, 2.75) is 10.1 Å². The van der Waals surface area contributed by atoms with Gasteiger partial charge in [0.2, 0.25) is 11.2 Å². The summed E-state index contributed by atoms with van der Waals surface area (Å²) in [5.41, 5.74) is 0. The zero-order valence-corrected chi connectivity index (χ0v) is 10.4. The third-order valence-electron chi connectivity index (χ3n) is 1.83. The molecule has 0 fully saturated rings. The minimum Gasteiger partial charge on any atom is -0.357 e. The Morgan fingerprint density at radius 2 is 1.88 bits per heavy atom. The maximum absolute atomic E-state index is 12.7. The summed E-state index contributed by atoms with van der Waals surface area (Å²) >= 11 is 7.03. The molecule has 0 amide bonds. The molecule has 0 saturated carbocycles. The lowest BCUT2D eigenvalue weighted by molar-refractivity contribution is 0.626. The van der Waals surface area contributed by atoms with Gasteiger partial charge in [0.25, 0.3) is 0 Å². The van der Waals surface area contributed by atoms with Gasteiger partial charge in [-0.15, -0.1) is 0 Å². The van der Waals surface area contributed by atoms with Gasteiger partial charge in [0.15, 0.2) is 5.16 Å². The first-order valence-corrected chi connectivity index (χ1v) is 5.89. The molecule has 88 valence electrons. The first kappa shape index (κ1) is 12.1. The van der Waals surface area contributed by atoms with Crippen molar-refractivity contribution in [2.24, 2.45) is 0 Å². The van der Waals surface area contributed by atoms with Crippen LogP contribution in [0.1, 0.15) is 0 Å². The largest absolute Gasteiger partial charge is 0.357 e. The van der Waals surface area contributed by atoms with Gasteiger partial charge in [0, 0.05) is 11.9 Å². The van der Waals surface area contributed by atoms with E-state index in [0.29, 0.717) is 11.1 Å². The molecule has 0 radical (unpaired) electrons. The van der Waals surface area contributed by atoms with Crippen LogP contribution in [0.15, 0.2) is 34.3 Å². The van der Waals surface area contributed by atoms with Gasteiger partial charge < -0.3 is 5.32 Å². The summed E-state index contributed by atoms with van der Waals surface area (Å²) < 4.78 is 12.7. The Morgan fingerprint density at radius 3 is 2.53 bits per heavy atom. The summed E-state index contributed by atoms with van der Waals surface area (Å²) in [6.45, 7) is 0. The fourth-order valence-corrected chi connectivity index (χ4v) is 2.05. The van der Waals surface area contributed by atoms with Gasteiger partial charge >= 0.3 is 0 Å². The van der Waals surface area contributed by atoms with E-state index in [-0.39, 0.29) is 11.1 Å². The monoisotopic (exact) mass is 270 g/mol. The average molecular weight is 271 g/mol. The summed E-state index contributed by atoms with van der Waals surface area (Å²) in [5, 5.41) is 3.36. The second-order valence-electron chi connectivity index (χ2n) is 3.02. The maximum Gasteiger partial charge on any atom is 0.228 e. The van der Waals surface area contributed by atoms with Crippen molar-refractivity contribution in [3.05, 3.63) is 35.4 Å². The van der Waals surface area contributed by atoms with E-state index in [9.17, 15) is 4.39 Å². The minimum absolute atomic E-state index is 0.119. The Balaban J connectivity index is 2.23. The van der Waals surface area contributed by atoms with E-state index in [0.717, 1.165) is 4.90 Å². The highest BCUT2D eigenvalue weighted by atomic mass is 35.5. The second-order valence-corrected chi connectivity index (χ2v) is 4.40. The van der Waals surface area contributed by atoms with Gasteiger partial charge in [-0.05, 0) is 47.6 Å². The van der Waals surface area contributed by atoms with Gasteiger partial charge in [-0.1, -0.05) is 0 Å². The smallest absolute Gasteiger partial charge is 0.228 e. The number of hydrogen-bond acceptors (Lipinski definition) is 5. The fraction of sp³-hybridized carbons (Fsp3) is 0.100. The zero-order valence-electron chi connectivity index (χ0n) is 8.82. The quantitative estimate of drug-likeness (QED) is 0.929. The van der Waals surface area contributed by atoms with Crippen LogP contribution in [0.3, 0.4) is 0 Å². The van der Waals surface area contributed by atoms with Crippen molar-refractivity contribution in [2.75, 3.05) is 12.4 Å². The molecule has 7 heteroatoms. The van der Waals surface area contributed by atoms with Gasteiger partial charge in [-0.25, -0.2) is 4.39 Å². The molecule has 0 atom stereocenters. The van der Waals surface area contributed by atoms with Crippen molar-refractivity contribution < 1.29 is 4.39 Å². The van der Waals surface area contributed by atoms with Crippen LogP contribution in [-0.2, 0) is 0 Å². The predicted octanol–water partition coefficient (Wildman–Crippen LogP) is 2.86. The molecule has 0 spiro atoms. The van der Waals surface area contributed by atoms with Crippen LogP contribution < -0.4 is 5.32 Å². The summed E-state index contributed by atoms with van der Waals surface area (Å²) in [4.78, 5) is 12.8. The SMILES string of the molecule is CNc1nc(Cl)nc(Sc2ccc(F)cc2)n1. The highest BCUT2D eigenvalue weighted by Crippen LogP contribution is 2.25. The van der Waals surface area contributed by atoms with Crippen molar-refractivity contribution in [1.29, 1.82) is 0 Å². The number of aromatic nitrogens is 3. The normalized spacial score (nSPS) is 10.3. The molecule has 0 bridgehead atoms. The first-order valence-electron chi connectivity index (χ1n) is 4.70. The summed E-state index contributed by atoms with van der Waals surface area (Å²) in [6.07, 6.45) is 0. The van der Waals surface area contributed by atoms with E-state index in [2.05, 4.69) is 20.3 Å². The second kappa shape index (κ2) is 5.29. The zero-order chi connectivity index (χ0) is 12.3. The van der Waals surface area contributed by atoms with Crippen LogP contribution >= 0.6 is 23.4 Å². The van der Waals surface area contributed by atoms with Gasteiger partial charge in [-0.3, -0.25) is 0 Å². The molecule has 0 saturated heterocycles. The third kappa shape index (κ3) is 3.28. The van der Waals surface area contributed by atoms with E-state index >= 15 is 0 Å². The lowest BCUT2D eigenvalue weighted by atomic mass is 10.4. The van der Waals surface area contributed by atoms with Crippen LogP contribution in [0.4, 0.5) is 10.3 Å². The summed E-state index contributed by atoms with van der Waals surface area (Å²) in [6, 6.07) is 6.06. The first-order chi connectivity index (χ1) is 8.17. The number of rotatable bonds is 3. The maximum atomic E-state index is 12.7. The van der Waals surface area contributed by atoms with E-state index < -0.39 is 0 Å². The van der Waals surface area contributed by atoms with Crippen molar-refractivity contribution in [3.63, 3.8) is 0 Å². The summed E-state index contributed by atoms with van der Waals surface area (Å²) in [7, 11) is 1.69. The number of halogens is 2.